The number of alkyl halides is 3. The molecule has 0 aliphatic heterocycles. The summed E-state index contributed by atoms with van der Waals surface area (Å²) >= 11 is 0. The van der Waals surface area contributed by atoms with E-state index in [2.05, 4.69) is 14.7 Å². The van der Waals surface area contributed by atoms with Crippen molar-refractivity contribution in [2.45, 2.75) is 19.2 Å². The SMILES string of the molecule is CCOC(=O)C(=NOC)C(O)C(F)(F)F. The fourth-order valence-corrected chi connectivity index (χ4v) is 0.657. The lowest BCUT2D eigenvalue weighted by Crippen LogP contribution is -2.41. The summed E-state index contributed by atoms with van der Waals surface area (Å²) in [5.74, 6) is -1.37. The van der Waals surface area contributed by atoms with E-state index in [0.29, 0.717) is 0 Å². The van der Waals surface area contributed by atoms with Gasteiger partial charge in [0.2, 0.25) is 11.8 Å². The Morgan fingerprint density at radius 3 is 2.40 bits per heavy atom. The van der Waals surface area contributed by atoms with Gasteiger partial charge in [-0.25, -0.2) is 4.79 Å². The number of esters is 1. The van der Waals surface area contributed by atoms with E-state index < -0.39 is 24.0 Å². The van der Waals surface area contributed by atoms with Gasteiger partial charge in [0, 0.05) is 0 Å². The number of ether oxygens (including phenoxy) is 1. The summed E-state index contributed by atoms with van der Waals surface area (Å²) in [6, 6.07) is 0. The van der Waals surface area contributed by atoms with Crippen LogP contribution >= 0.6 is 0 Å². The fraction of sp³-hybridized carbons (Fsp3) is 0.714. The first-order valence-electron chi connectivity index (χ1n) is 3.87. The van der Waals surface area contributed by atoms with Gasteiger partial charge in [0.05, 0.1) is 6.61 Å². The molecule has 0 spiro atoms. The molecule has 0 aliphatic carbocycles. The largest absolute Gasteiger partial charge is 0.461 e. The summed E-state index contributed by atoms with van der Waals surface area (Å²) in [7, 11) is 0.947. The molecule has 1 atom stereocenters. The Balaban J connectivity index is 4.83. The number of halogens is 3. The number of oxime groups is 1. The summed E-state index contributed by atoms with van der Waals surface area (Å²) < 4.78 is 40.4. The molecule has 0 radical (unpaired) electrons. The van der Waals surface area contributed by atoms with Crippen LogP contribution in [0, 0.1) is 0 Å². The van der Waals surface area contributed by atoms with Gasteiger partial charge in [0.15, 0.2) is 0 Å². The Morgan fingerprint density at radius 1 is 1.53 bits per heavy atom. The number of aliphatic hydroxyl groups excluding tert-OH is 1. The predicted octanol–water partition coefficient (Wildman–Crippen LogP) is 0.475. The van der Waals surface area contributed by atoms with Crippen molar-refractivity contribution in [3.63, 3.8) is 0 Å². The molecule has 0 aromatic carbocycles. The molecule has 88 valence electrons. The van der Waals surface area contributed by atoms with E-state index in [1.54, 1.807) is 0 Å². The minimum atomic E-state index is -5.00. The van der Waals surface area contributed by atoms with Gasteiger partial charge in [-0.05, 0) is 6.92 Å². The maximum absolute atomic E-state index is 12.0. The Kier molecular flexibility index (Phi) is 5.06. The van der Waals surface area contributed by atoms with E-state index in [0.717, 1.165) is 7.11 Å². The molecular weight excluding hydrogens is 219 g/mol. The van der Waals surface area contributed by atoms with Gasteiger partial charge in [-0.1, -0.05) is 5.16 Å². The standard InChI is InChI=1S/C7H10F3NO4/c1-3-15-6(13)4(11-14-2)5(12)7(8,9)10/h5,12H,3H2,1-2H3. The van der Waals surface area contributed by atoms with Crippen LogP contribution in [0.15, 0.2) is 5.16 Å². The Morgan fingerprint density at radius 2 is 2.07 bits per heavy atom. The first kappa shape index (κ1) is 13.7. The monoisotopic (exact) mass is 229 g/mol. The van der Waals surface area contributed by atoms with Crippen molar-refractivity contribution in [2.24, 2.45) is 5.16 Å². The van der Waals surface area contributed by atoms with Crippen molar-refractivity contribution >= 4 is 11.7 Å². The first-order valence-corrected chi connectivity index (χ1v) is 3.87. The average Bonchev–Trinajstić information content (AvgIpc) is 2.12. The smallest absolute Gasteiger partial charge is 0.420 e. The summed E-state index contributed by atoms with van der Waals surface area (Å²) in [6.45, 7) is 1.27. The van der Waals surface area contributed by atoms with Crippen LogP contribution in [0.5, 0.6) is 0 Å². The second-order valence-electron chi connectivity index (χ2n) is 2.32. The topological polar surface area (TPSA) is 68.1 Å². The number of hydrogen-bond donors (Lipinski definition) is 1. The predicted molar refractivity (Wildman–Crippen MR) is 43.1 cm³/mol. The van der Waals surface area contributed by atoms with E-state index >= 15 is 0 Å². The minimum Gasteiger partial charge on any atom is -0.461 e. The van der Waals surface area contributed by atoms with E-state index in [1.165, 1.54) is 6.92 Å². The Labute approximate surface area is 83.5 Å². The molecule has 0 bridgehead atoms. The molecule has 0 aliphatic rings. The molecule has 0 saturated carbocycles. The molecule has 8 heteroatoms. The molecule has 0 heterocycles. The zero-order chi connectivity index (χ0) is 12.1. The Bertz CT molecular complexity index is 251. The van der Waals surface area contributed by atoms with Crippen molar-refractivity contribution < 1.29 is 32.6 Å². The number of carbonyl (C=O) groups excluding carboxylic acids is 1. The van der Waals surface area contributed by atoms with E-state index in [4.69, 9.17) is 5.11 Å². The van der Waals surface area contributed by atoms with E-state index in [1.807, 2.05) is 0 Å². The highest BCUT2D eigenvalue weighted by Gasteiger charge is 2.45. The van der Waals surface area contributed by atoms with Gasteiger partial charge >= 0.3 is 12.1 Å². The van der Waals surface area contributed by atoms with Gasteiger partial charge in [-0.2, -0.15) is 13.2 Å². The normalized spacial score (nSPS) is 14.7. The molecule has 1 unspecified atom stereocenters. The van der Waals surface area contributed by atoms with Crippen LogP contribution in [0.4, 0.5) is 13.2 Å². The number of carbonyl (C=O) groups is 1. The van der Waals surface area contributed by atoms with Crippen LogP contribution < -0.4 is 0 Å². The molecule has 0 aromatic rings. The van der Waals surface area contributed by atoms with Crippen LogP contribution in [0.2, 0.25) is 0 Å². The number of hydrogen-bond acceptors (Lipinski definition) is 5. The van der Waals surface area contributed by atoms with Gasteiger partial charge < -0.3 is 14.7 Å². The average molecular weight is 229 g/mol. The molecule has 0 saturated heterocycles. The zero-order valence-electron chi connectivity index (χ0n) is 8.04. The van der Waals surface area contributed by atoms with Gasteiger partial charge in [0.1, 0.15) is 7.11 Å². The second kappa shape index (κ2) is 5.54. The molecule has 0 amide bonds. The lowest BCUT2D eigenvalue weighted by molar-refractivity contribution is -0.184. The number of nitrogens with zero attached hydrogens (tertiary/aromatic N) is 1. The van der Waals surface area contributed by atoms with Gasteiger partial charge in [0.25, 0.3) is 0 Å². The lowest BCUT2D eigenvalue weighted by atomic mass is 10.2. The highest BCUT2D eigenvalue weighted by molar-refractivity contribution is 6.38. The lowest BCUT2D eigenvalue weighted by Gasteiger charge is -2.14. The molecule has 15 heavy (non-hydrogen) atoms. The van der Waals surface area contributed by atoms with Gasteiger partial charge in [-0.3, -0.25) is 0 Å². The third kappa shape index (κ3) is 4.15. The summed E-state index contributed by atoms with van der Waals surface area (Å²) in [4.78, 5) is 14.9. The molecular formula is C7H10F3NO4. The number of rotatable bonds is 4. The minimum absolute atomic E-state index is 0.133. The highest BCUT2D eigenvalue weighted by Crippen LogP contribution is 2.21. The van der Waals surface area contributed by atoms with E-state index in [9.17, 15) is 18.0 Å². The van der Waals surface area contributed by atoms with Crippen LogP contribution in [-0.4, -0.2) is 42.8 Å². The molecule has 0 fully saturated rings. The second-order valence-corrected chi connectivity index (χ2v) is 2.32. The fourth-order valence-electron chi connectivity index (χ4n) is 0.657. The molecule has 5 nitrogen and oxygen atoms in total. The zero-order valence-corrected chi connectivity index (χ0v) is 8.04. The van der Waals surface area contributed by atoms with Crippen molar-refractivity contribution in [2.75, 3.05) is 13.7 Å². The first-order chi connectivity index (χ1) is 6.84. The maximum atomic E-state index is 12.0. The van der Waals surface area contributed by atoms with Crippen LogP contribution in [-0.2, 0) is 14.4 Å². The third-order valence-electron chi connectivity index (χ3n) is 1.24. The highest BCUT2D eigenvalue weighted by atomic mass is 19.4. The summed E-state index contributed by atoms with van der Waals surface area (Å²) in [5.41, 5.74) is -1.23. The molecule has 0 rings (SSSR count). The molecule has 0 aromatic heterocycles. The van der Waals surface area contributed by atoms with Crippen molar-refractivity contribution in [3.8, 4) is 0 Å². The maximum Gasteiger partial charge on any atom is 0.420 e. The van der Waals surface area contributed by atoms with Crippen molar-refractivity contribution in [1.82, 2.24) is 0 Å². The van der Waals surface area contributed by atoms with E-state index in [-0.39, 0.29) is 6.61 Å². The summed E-state index contributed by atoms with van der Waals surface area (Å²) in [6.07, 6.45) is -8.01. The third-order valence-corrected chi connectivity index (χ3v) is 1.24. The van der Waals surface area contributed by atoms with Crippen molar-refractivity contribution in [3.05, 3.63) is 0 Å². The number of aliphatic hydroxyl groups is 1. The van der Waals surface area contributed by atoms with Crippen LogP contribution in [0.25, 0.3) is 0 Å². The summed E-state index contributed by atoms with van der Waals surface area (Å²) in [5, 5.41) is 11.5. The van der Waals surface area contributed by atoms with Crippen molar-refractivity contribution in [1.29, 1.82) is 0 Å². The quantitative estimate of drug-likeness (QED) is 0.432. The molecule has 1 N–H and O–H groups in total. The van der Waals surface area contributed by atoms with Gasteiger partial charge in [-0.15, -0.1) is 0 Å². The Hall–Kier alpha value is -1.31. The van der Waals surface area contributed by atoms with Crippen LogP contribution in [0.1, 0.15) is 6.92 Å². The van der Waals surface area contributed by atoms with Crippen LogP contribution in [0.3, 0.4) is 0 Å².